The average Bonchev–Trinajstić information content (AvgIpc) is 2.69. The van der Waals surface area contributed by atoms with E-state index in [-0.39, 0.29) is 0 Å². The maximum absolute atomic E-state index is 5.92. The van der Waals surface area contributed by atoms with Crippen molar-refractivity contribution in [3.05, 3.63) is 24.3 Å². The molecule has 1 aliphatic rings. The Kier molecular flexibility index (Phi) is 3.41. The van der Waals surface area contributed by atoms with Gasteiger partial charge in [-0.3, -0.25) is 0 Å². The van der Waals surface area contributed by atoms with E-state index in [9.17, 15) is 0 Å². The van der Waals surface area contributed by atoms with E-state index in [1.54, 1.807) is 0 Å². The van der Waals surface area contributed by atoms with Crippen LogP contribution in [-0.2, 0) is 0 Å². The second-order valence-corrected chi connectivity index (χ2v) is 5.12. The number of nitrogen functional groups attached to an aromatic ring is 1. The highest BCUT2D eigenvalue weighted by atomic mass is 32.2. The fourth-order valence-electron chi connectivity index (χ4n) is 2.20. The summed E-state index contributed by atoms with van der Waals surface area (Å²) >= 11 is 1.96. The maximum atomic E-state index is 5.92. The van der Waals surface area contributed by atoms with Crippen molar-refractivity contribution in [3.63, 3.8) is 0 Å². The highest BCUT2D eigenvalue weighted by molar-refractivity contribution is 7.99. The molecule has 0 bridgehead atoms. The maximum Gasteiger partial charge on any atom is 0.0576 e. The Balaban J connectivity index is 2.05. The number of benzene rings is 1. The molecule has 82 valence electrons. The van der Waals surface area contributed by atoms with Gasteiger partial charge in [-0.2, -0.15) is 11.8 Å². The van der Waals surface area contributed by atoms with E-state index in [0.29, 0.717) is 6.04 Å². The fourth-order valence-corrected chi connectivity index (χ4v) is 3.14. The van der Waals surface area contributed by atoms with Crippen LogP contribution in [0.1, 0.15) is 19.3 Å². The van der Waals surface area contributed by atoms with Gasteiger partial charge in [-0.05, 0) is 31.2 Å². The van der Waals surface area contributed by atoms with Gasteiger partial charge < -0.3 is 11.1 Å². The predicted octanol–water partition coefficient (Wildman–Crippen LogP) is 2.96. The van der Waals surface area contributed by atoms with Crippen molar-refractivity contribution in [2.24, 2.45) is 0 Å². The summed E-state index contributed by atoms with van der Waals surface area (Å²) in [4.78, 5) is 0. The van der Waals surface area contributed by atoms with Crippen LogP contribution in [0.3, 0.4) is 0 Å². The lowest BCUT2D eigenvalue weighted by Crippen LogP contribution is -2.26. The SMILES string of the molecule is CSC1CCCC1Nc1ccccc1N. The lowest BCUT2D eigenvalue weighted by atomic mass is 10.2. The second-order valence-electron chi connectivity index (χ2n) is 4.04. The van der Waals surface area contributed by atoms with Crippen LogP contribution >= 0.6 is 11.8 Å². The standard InChI is InChI=1S/C12H18N2S/c1-15-12-8-4-7-11(12)14-10-6-3-2-5-9(10)13/h2-3,5-6,11-12,14H,4,7-8,13H2,1H3. The van der Waals surface area contributed by atoms with Gasteiger partial charge in [0, 0.05) is 11.3 Å². The van der Waals surface area contributed by atoms with Crippen LogP contribution in [0.2, 0.25) is 0 Å². The van der Waals surface area contributed by atoms with E-state index in [1.807, 2.05) is 30.0 Å². The van der Waals surface area contributed by atoms with E-state index >= 15 is 0 Å². The first-order valence-electron chi connectivity index (χ1n) is 5.45. The van der Waals surface area contributed by atoms with Crippen molar-refractivity contribution in [2.75, 3.05) is 17.3 Å². The van der Waals surface area contributed by atoms with Crippen LogP contribution < -0.4 is 11.1 Å². The Labute approximate surface area is 95.6 Å². The van der Waals surface area contributed by atoms with Crippen LogP contribution in [0.25, 0.3) is 0 Å². The van der Waals surface area contributed by atoms with E-state index < -0.39 is 0 Å². The summed E-state index contributed by atoms with van der Waals surface area (Å²) in [7, 11) is 0. The molecule has 15 heavy (non-hydrogen) atoms. The third-order valence-corrected chi connectivity index (χ3v) is 4.23. The van der Waals surface area contributed by atoms with Gasteiger partial charge in [0.05, 0.1) is 11.4 Å². The minimum absolute atomic E-state index is 0.588. The van der Waals surface area contributed by atoms with Crippen molar-refractivity contribution in [1.82, 2.24) is 0 Å². The number of para-hydroxylation sites is 2. The lowest BCUT2D eigenvalue weighted by molar-refractivity contribution is 0.769. The van der Waals surface area contributed by atoms with E-state index in [0.717, 1.165) is 16.6 Å². The third kappa shape index (κ3) is 2.40. The highest BCUT2D eigenvalue weighted by Gasteiger charge is 2.26. The van der Waals surface area contributed by atoms with Crippen LogP contribution in [0.15, 0.2) is 24.3 Å². The van der Waals surface area contributed by atoms with Crippen LogP contribution in [0.5, 0.6) is 0 Å². The Morgan fingerprint density at radius 2 is 2.13 bits per heavy atom. The number of rotatable bonds is 3. The highest BCUT2D eigenvalue weighted by Crippen LogP contribution is 2.31. The molecule has 0 heterocycles. The summed E-state index contributed by atoms with van der Waals surface area (Å²) < 4.78 is 0. The van der Waals surface area contributed by atoms with Crippen molar-refractivity contribution >= 4 is 23.1 Å². The van der Waals surface area contributed by atoms with E-state index in [1.165, 1.54) is 19.3 Å². The molecule has 0 saturated heterocycles. The molecule has 0 spiro atoms. The quantitative estimate of drug-likeness (QED) is 0.772. The molecule has 1 aliphatic carbocycles. The smallest absolute Gasteiger partial charge is 0.0576 e. The minimum Gasteiger partial charge on any atom is -0.397 e. The Morgan fingerprint density at radius 1 is 1.33 bits per heavy atom. The fraction of sp³-hybridized carbons (Fsp3) is 0.500. The molecule has 1 fully saturated rings. The average molecular weight is 222 g/mol. The van der Waals surface area contributed by atoms with Gasteiger partial charge in [0.1, 0.15) is 0 Å². The predicted molar refractivity (Wildman–Crippen MR) is 69.4 cm³/mol. The Bertz CT molecular complexity index is 327. The van der Waals surface area contributed by atoms with Crippen LogP contribution in [0, 0.1) is 0 Å². The number of hydrogen-bond acceptors (Lipinski definition) is 3. The minimum atomic E-state index is 0.588. The third-order valence-electron chi connectivity index (χ3n) is 3.06. The summed E-state index contributed by atoms with van der Waals surface area (Å²) in [5.41, 5.74) is 7.85. The topological polar surface area (TPSA) is 38.0 Å². The van der Waals surface area contributed by atoms with Crippen molar-refractivity contribution < 1.29 is 0 Å². The monoisotopic (exact) mass is 222 g/mol. The molecule has 2 unspecified atom stereocenters. The molecule has 0 aliphatic heterocycles. The zero-order valence-electron chi connectivity index (χ0n) is 9.07. The van der Waals surface area contributed by atoms with Crippen molar-refractivity contribution in [1.29, 1.82) is 0 Å². The van der Waals surface area contributed by atoms with Gasteiger partial charge in [-0.25, -0.2) is 0 Å². The van der Waals surface area contributed by atoms with Crippen LogP contribution in [-0.4, -0.2) is 17.5 Å². The molecule has 2 rings (SSSR count). The number of nitrogens with two attached hydrogens (primary N) is 1. The summed E-state index contributed by atoms with van der Waals surface area (Å²) in [6, 6.07) is 8.60. The molecule has 0 amide bonds. The number of anilines is 2. The Morgan fingerprint density at radius 3 is 2.87 bits per heavy atom. The summed E-state index contributed by atoms with van der Waals surface area (Å²) in [5.74, 6) is 0. The summed E-state index contributed by atoms with van der Waals surface area (Å²) in [5, 5.41) is 4.30. The van der Waals surface area contributed by atoms with Gasteiger partial charge in [-0.15, -0.1) is 0 Å². The zero-order valence-corrected chi connectivity index (χ0v) is 9.89. The largest absolute Gasteiger partial charge is 0.397 e. The first-order valence-corrected chi connectivity index (χ1v) is 6.74. The molecule has 2 nitrogen and oxygen atoms in total. The molecular weight excluding hydrogens is 204 g/mol. The van der Waals surface area contributed by atoms with E-state index in [2.05, 4.69) is 17.6 Å². The first kappa shape index (κ1) is 10.7. The molecule has 2 atom stereocenters. The van der Waals surface area contributed by atoms with Crippen molar-refractivity contribution in [3.8, 4) is 0 Å². The summed E-state index contributed by atoms with van der Waals surface area (Å²) in [6.45, 7) is 0. The zero-order chi connectivity index (χ0) is 10.7. The second kappa shape index (κ2) is 4.79. The Hall–Kier alpha value is -0.830. The van der Waals surface area contributed by atoms with Gasteiger partial charge in [-0.1, -0.05) is 18.6 Å². The number of nitrogens with one attached hydrogen (secondary N) is 1. The number of hydrogen-bond donors (Lipinski definition) is 2. The lowest BCUT2D eigenvalue weighted by Gasteiger charge is -2.21. The molecule has 1 aromatic rings. The van der Waals surface area contributed by atoms with E-state index in [4.69, 9.17) is 5.73 Å². The van der Waals surface area contributed by atoms with Gasteiger partial charge in [0.25, 0.3) is 0 Å². The van der Waals surface area contributed by atoms with Gasteiger partial charge in [0.2, 0.25) is 0 Å². The molecule has 3 heteroatoms. The normalized spacial score (nSPS) is 25.4. The molecule has 0 radical (unpaired) electrons. The van der Waals surface area contributed by atoms with Gasteiger partial charge in [0.15, 0.2) is 0 Å². The molecule has 1 saturated carbocycles. The van der Waals surface area contributed by atoms with Crippen LogP contribution in [0.4, 0.5) is 11.4 Å². The molecule has 0 aromatic heterocycles. The first-order chi connectivity index (χ1) is 7.31. The number of thioether (sulfide) groups is 1. The van der Waals surface area contributed by atoms with Crippen molar-refractivity contribution in [2.45, 2.75) is 30.6 Å². The molecular formula is C12H18N2S. The molecule has 3 N–H and O–H groups in total. The molecule has 1 aromatic carbocycles. The van der Waals surface area contributed by atoms with Gasteiger partial charge >= 0.3 is 0 Å². The summed E-state index contributed by atoms with van der Waals surface area (Å²) in [6.07, 6.45) is 6.11.